The largest absolute Gasteiger partial charge is 0.493 e. The third-order valence-electron chi connectivity index (χ3n) is 8.52. The van der Waals surface area contributed by atoms with Gasteiger partial charge < -0.3 is 29.7 Å². The van der Waals surface area contributed by atoms with E-state index < -0.39 is 17.6 Å². The number of carbonyl (C=O) groups excluding carboxylic acids is 1. The van der Waals surface area contributed by atoms with E-state index in [0.29, 0.717) is 50.4 Å². The first-order valence-electron chi connectivity index (χ1n) is 14.8. The van der Waals surface area contributed by atoms with Gasteiger partial charge in [0, 0.05) is 36.3 Å². The average Bonchev–Trinajstić information content (AvgIpc) is 3.36. The maximum atomic E-state index is 13.9. The third kappa shape index (κ3) is 6.10. The number of benzene rings is 4. The van der Waals surface area contributed by atoms with E-state index in [4.69, 9.17) is 14.2 Å². The Labute approximate surface area is 264 Å². The molecule has 2 atom stereocenters. The summed E-state index contributed by atoms with van der Waals surface area (Å²) in [5.74, 6) is 1.26. The molecule has 1 saturated heterocycles. The van der Waals surface area contributed by atoms with E-state index in [1.54, 1.807) is 48.7 Å². The molecule has 6 rings (SSSR count). The zero-order valence-electron chi connectivity index (χ0n) is 25.7. The van der Waals surface area contributed by atoms with Crippen molar-refractivity contribution in [2.24, 2.45) is 0 Å². The summed E-state index contributed by atoms with van der Waals surface area (Å²) < 4.78 is 58.5. The van der Waals surface area contributed by atoms with Crippen molar-refractivity contribution >= 4 is 39.0 Å². The van der Waals surface area contributed by atoms with Crippen LogP contribution in [-0.2, 0) is 6.18 Å². The van der Waals surface area contributed by atoms with Crippen LogP contribution >= 0.6 is 0 Å². The number of likely N-dealkylation sites (N-methyl/N-ethyl adjacent to an activating group) is 1. The molecule has 0 saturated carbocycles. The number of nitrogens with one attached hydrogen (secondary N) is 2. The zero-order chi connectivity index (χ0) is 32.6. The van der Waals surface area contributed by atoms with E-state index in [0.717, 1.165) is 25.1 Å². The number of alkyl halides is 3. The second-order valence-corrected chi connectivity index (χ2v) is 11.3. The van der Waals surface area contributed by atoms with Gasteiger partial charge >= 0.3 is 6.18 Å². The Bertz CT molecular complexity index is 1930. The minimum atomic E-state index is -4.58. The number of likely N-dealkylation sites (tertiary alicyclic amines) is 1. The molecule has 0 bridgehead atoms. The lowest BCUT2D eigenvalue weighted by Crippen LogP contribution is -2.34. The number of rotatable bonds is 8. The molecule has 0 spiro atoms. The van der Waals surface area contributed by atoms with Gasteiger partial charge in [-0.2, -0.15) is 13.2 Å². The number of aromatic nitrogens is 1. The van der Waals surface area contributed by atoms with Crippen LogP contribution in [0.2, 0.25) is 0 Å². The summed E-state index contributed by atoms with van der Waals surface area (Å²) in [4.78, 5) is 20.5. The van der Waals surface area contributed by atoms with E-state index in [1.165, 1.54) is 20.3 Å². The van der Waals surface area contributed by atoms with Crippen molar-refractivity contribution in [2.45, 2.75) is 31.6 Å². The Hall–Kier alpha value is -5.03. The van der Waals surface area contributed by atoms with Gasteiger partial charge in [0.15, 0.2) is 11.5 Å². The maximum absolute atomic E-state index is 13.9. The summed E-state index contributed by atoms with van der Waals surface area (Å²) in [6.45, 7) is 2.91. The number of methoxy groups -OCH3 is 2. The number of pyridine rings is 1. The third-order valence-corrected chi connectivity index (χ3v) is 8.52. The fraction of sp³-hybridized carbons (Fsp3) is 0.257. The Morgan fingerprint density at radius 3 is 2.39 bits per heavy atom. The normalized spacial score (nSPS) is 16.8. The zero-order valence-corrected chi connectivity index (χ0v) is 25.7. The quantitative estimate of drug-likeness (QED) is 0.180. The number of fused-ring (bicyclic) bond motifs is 2. The summed E-state index contributed by atoms with van der Waals surface area (Å²) in [6, 6.07) is 19.4. The number of carbonyl (C=O) groups is 1. The van der Waals surface area contributed by atoms with Gasteiger partial charge in [-0.15, -0.1) is 0 Å². The highest BCUT2D eigenvalue weighted by atomic mass is 19.4. The highest BCUT2D eigenvalue weighted by Gasteiger charge is 2.33. The van der Waals surface area contributed by atoms with Crippen molar-refractivity contribution in [1.29, 1.82) is 0 Å². The van der Waals surface area contributed by atoms with Crippen LogP contribution < -0.4 is 24.8 Å². The van der Waals surface area contributed by atoms with Crippen LogP contribution in [0.3, 0.4) is 0 Å². The highest BCUT2D eigenvalue weighted by Crippen LogP contribution is 2.39. The molecule has 1 amide bonds. The van der Waals surface area contributed by atoms with Gasteiger partial charge in [-0.3, -0.25) is 9.78 Å². The molecular formula is C35H33F3N4O4. The minimum absolute atomic E-state index is 0.00345. The van der Waals surface area contributed by atoms with Crippen molar-refractivity contribution < 1.29 is 32.2 Å². The van der Waals surface area contributed by atoms with Gasteiger partial charge in [-0.25, -0.2) is 0 Å². The molecular weight excluding hydrogens is 597 g/mol. The fourth-order valence-electron chi connectivity index (χ4n) is 5.82. The highest BCUT2D eigenvalue weighted by molar-refractivity contribution is 6.14. The first-order valence-corrected chi connectivity index (χ1v) is 14.8. The monoisotopic (exact) mass is 630 g/mol. The lowest BCUT2D eigenvalue weighted by molar-refractivity contribution is -0.137. The van der Waals surface area contributed by atoms with Crippen molar-refractivity contribution in [1.82, 2.24) is 9.88 Å². The molecule has 2 unspecified atom stereocenters. The topological polar surface area (TPSA) is 85.0 Å². The van der Waals surface area contributed by atoms with Crippen LogP contribution in [0.15, 0.2) is 79.0 Å². The number of halogens is 3. The minimum Gasteiger partial charge on any atom is -0.493 e. The van der Waals surface area contributed by atoms with Gasteiger partial charge in [0.05, 0.1) is 42.2 Å². The Balaban J connectivity index is 1.38. The number of amides is 1. The van der Waals surface area contributed by atoms with Crippen LogP contribution in [0, 0.1) is 0 Å². The molecule has 1 fully saturated rings. The first-order chi connectivity index (χ1) is 22.0. The van der Waals surface area contributed by atoms with Gasteiger partial charge in [-0.05, 0) is 73.6 Å². The Kier molecular flexibility index (Phi) is 8.35. The molecule has 1 aliphatic heterocycles. The van der Waals surface area contributed by atoms with Gasteiger partial charge in [-0.1, -0.05) is 24.3 Å². The molecule has 11 heteroatoms. The van der Waals surface area contributed by atoms with Crippen LogP contribution in [0.1, 0.15) is 29.3 Å². The molecule has 2 heterocycles. The average molecular weight is 631 g/mol. The molecule has 0 radical (unpaired) electrons. The van der Waals surface area contributed by atoms with Crippen molar-refractivity contribution in [2.75, 3.05) is 38.4 Å². The molecule has 4 aromatic carbocycles. The lowest BCUT2D eigenvalue weighted by Gasteiger charge is -2.24. The molecule has 0 aliphatic carbocycles. The summed E-state index contributed by atoms with van der Waals surface area (Å²) in [5.41, 5.74) is 0.448. The number of anilines is 2. The van der Waals surface area contributed by atoms with E-state index >= 15 is 0 Å². The lowest BCUT2D eigenvalue weighted by atomic mass is 10.0. The van der Waals surface area contributed by atoms with Crippen LogP contribution in [0.5, 0.6) is 23.0 Å². The SMILES string of the molecule is COc1cc2nccc(Oc3cc(C(=O)Nc4cc(C(F)(F)F)ccc4NC4CCN(C)C4C)c4ccccc4c3)c2cc1OC. The molecule has 1 aliphatic rings. The predicted molar refractivity (Wildman–Crippen MR) is 172 cm³/mol. The molecule has 1 aromatic heterocycles. The summed E-state index contributed by atoms with van der Waals surface area (Å²) in [5, 5.41) is 8.13. The van der Waals surface area contributed by atoms with E-state index in [-0.39, 0.29) is 23.3 Å². The summed E-state index contributed by atoms with van der Waals surface area (Å²) in [7, 11) is 5.08. The van der Waals surface area contributed by atoms with Gasteiger partial charge in [0.2, 0.25) is 0 Å². The standard InChI is InChI=1S/C35H33F3N4O4/c1-20-27(12-14-42(20)2)40-28-10-9-22(35(36,37)38)16-30(28)41-34(43)25-17-23(15-21-7-5-6-8-24(21)25)46-31-11-13-39-29-19-33(45-4)32(44-3)18-26(29)31/h5-11,13,15-20,27,40H,12,14H2,1-4H3,(H,41,43). The smallest absolute Gasteiger partial charge is 0.416 e. The first kappa shape index (κ1) is 31.0. The van der Waals surface area contributed by atoms with E-state index in [9.17, 15) is 18.0 Å². The van der Waals surface area contributed by atoms with Crippen LogP contribution in [0.25, 0.3) is 21.7 Å². The predicted octanol–water partition coefficient (Wildman–Crippen LogP) is 7.97. The van der Waals surface area contributed by atoms with Gasteiger partial charge in [0.1, 0.15) is 11.5 Å². The molecule has 238 valence electrons. The van der Waals surface area contributed by atoms with E-state index in [1.807, 2.05) is 19.2 Å². The molecule has 2 N–H and O–H groups in total. The maximum Gasteiger partial charge on any atom is 0.416 e. The van der Waals surface area contributed by atoms with Gasteiger partial charge in [0.25, 0.3) is 5.91 Å². The summed E-state index contributed by atoms with van der Waals surface area (Å²) in [6.07, 6.45) is -2.17. The fourth-order valence-corrected chi connectivity index (χ4v) is 5.82. The molecule has 46 heavy (non-hydrogen) atoms. The Morgan fingerprint density at radius 1 is 0.913 bits per heavy atom. The number of ether oxygens (including phenoxy) is 3. The number of hydrogen-bond donors (Lipinski definition) is 2. The Morgan fingerprint density at radius 2 is 1.67 bits per heavy atom. The van der Waals surface area contributed by atoms with Crippen LogP contribution in [-0.4, -0.2) is 55.7 Å². The van der Waals surface area contributed by atoms with Crippen LogP contribution in [0.4, 0.5) is 24.5 Å². The number of nitrogens with zero attached hydrogens (tertiary/aromatic N) is 2. The summed E-state index contributed by atoms with van der Waals surface area (Å²) >= 11 is 0. The van der Waals surface area contributed by atoms with E-state index in [2.05, 4.69) is 27.4 Å². The van der Waals surface area contributed by atoms with Crippen molar-refractivity contribution in [3.05, 3.63) is 90.1 Å². The molecule has 5 aromatic rings. The molecule has 8 nitrogen and oxygen atoms in total. The van der Waals surface area contributed by atoms with Crippen molar-refractivity contribution in [3.8, 4) is 23.0 Å². The second kappa shape index (κ2) is 12.4. The number of hydrogen-bond acceptors (Lipinski definition) is 7. The van der Waals surface area contributed by atoms with Crippen molar-refractivity contribution in [3.63, 3.8) is 0 Å². The second-order valence-electron chi connectivity index (χ2n) is 11.3.